The van der Waals surface area contributed by atoms with E-state index >= 15 is 0 Å². The molecule has 1 N–H and O–H groups in total. The number of hydrogen-bond acceptors (Lipinski definition) is 2. The summed E-state index contributed by atoms with van der Waals surface area (Å²) in [5, 5.41) is 8.78. The molecular weight excluding hydrogens is 216 g/mol. The molecule has 17 heavy (non-hydrogen) atoms. The SMILES string of the molecule is C=C/C(=C\C)COc1ccccc1CC(=O)O. The first kappa shape index (κ1) is 13.0. The molecule has 0 spiro atoms. The standard InChI is InChI=1S/C14H16O3/c1-3-11(4-2)10-17-13-8-6-5-7-12(13)9-14(15)16/h3-8H,1,9-10H2,2H3,(H,15,16)/b11-4+. The highest BCUT2D eigenvalue weighted by molar-refractivity contribution is 5.71. The molecule has 0 aromatic heterocycles. The van der Waals surface area contributed by atoms with Crippen molar-refractivity contribution in [1.82, 2.24) is 0 Å². The van der Waals surface area contributed by atoms with Crippen molar-refractivity contribution in [1.29, 1.82) is 0 Å². The van der Waals surface area contributed by atoms with Gasteiger partial charge in [-0.05, 0) is 18.6 Å². The van der Waals surface area contributed by atoms with Crippen LogP contribution in [0.4, 0.5) is 0 Å². The van der Waals surface area contributed by atoms with Crippen molar-refractivity contribution in [2.75, 3.05) is 6.61 Å². The van der Waals surface area contributed by atoms with Gasteiger partial charge in [0, 0.05) is 5.56 Å². The Morgan fingerprint density at radius 1 is 1.47 bits per heavy atom. The van der Waals surface area contributed by atoms with E-state index in [4.69, 9.17) is 9.84 Å². The van der Waals surface area contributed by atoms with Crippen LogP contribution >= 0.6 is 0 Å². The minimum absolute atomic E-state index is 0.0323. The summed E-state index contributed by atoms with van der Waals surface area (Å²) in [4.78, 5) is 10.7. The van der Waals surface area contributed by atoms with Crippen LogP contribution in [0.15, 0.2) is 48.6 Å². The number of para-hydroxylation sites is 1. The van der Waals surface area contributed by atoms with Gasteiger partial charge in [-0.1, -0.05) is 36.9 Å². The minimum Gasteiger partial charge on any atom is -0.489 e. The number of carboxylic acid groups (broad SMARTS) is 1. The summed E-state index contributed by atoms with van der Waals surface area (Å²) in [7, 11) is 0. The van der Waals surface area contributed by atoms with Crippen LogP contribution in [0.1, 0.15) is 12.5 Å². The van der Waals surface area contributed by atoms with E-state index in [1.54, 1.807) is 24.3 Å². The van der Waals surface area contributed by atoms with Crippen molar-refractivity contribution in [3.8, 4) is 5.75 Å². The zero-order valence-electron chi connectivity index (χ0n) is 9.85. The molecule has 3 nitrogen and oxygen atoms in total. The number of hydrogen-bond donors (Lipinski definition) is 1. The van der Waals surface area contributed by atoms with Crippen molar-refractivity contribution in [3.05, 3.63) is 54.1 Å². The van der Waals surface area contributed by atoms with Crippen LogP contribution in [0, 0.1) is 0 Å². The lowest BCUT2D eigenvalue weighted by molar-refractivity contribution is -0.136. The monoisotopic (exact) mass is 232 g/mol. The Morgan fingerprint density at radius 2 is 2.18 bits per heavy atom. The molecular formula is C14H16O3. The molecule has 0 amide bonds. The summed E-state index contributed by atoms with van der Waals surface area (Å²) in [6.45, 7) is 5.98. The van der Waals surface area contributed by atoms with Crippen LogP contribution in [0.2, 0.25) is 0 Å². The zero-order valence-corrected chi connectivity index (χ0v) is 9.85. The van der Waals surface area contributed by atoms with Gasteiger partial charge >= 0.3 is 5.97 Å². The number of rotatable bonds is 6. The molecule has 1 aromatic rings. The lowest BCUT2D eigenvalue weighted by atomic mass is 10.1. The van der Waals surface area contributed by atoms with Gasteiger partial charge in [0.05, 0.1) is 6.42 Å². The number of allylic oxidation sites excluding steroid dienone is 1. The second-order valence-electron chi connectivity index (χ2n) is 3.53. The van der Waals surface area contributed by atoms with Crippen LogP contribution in [-0.4, -0.2) is 17.7 Å². The Morgan fingerprint density at radius 3 is 2.76 bits per heavy atom. The molecule has 0 radical (unpaired) electrons. The van der Waals surface area contributed by atoms with Gasteiger partial charge in [-0.2, -0.15) is 0 Å². The molecule has 0 aliphatic rings. The first-order valence-electron chi connectivity index (χ1n) is 5.37. The third-order valence-corrected chi connectivity index (χ3v) is 2.34. The van der Waals surface area contributed by atoms with Gasteiger partial charge in [-0.3, -0.25) is 4.79 Å². The second kappa shape index (κ2) is 6.53. The maximum atomic E-state index is 10.7. The fourth-order valence-corrected chi connectivity index (χ4v) is 1.37. The predicted molar refractivity (Wildman–Crippen MR) is 67.2 cm³/mol. The van der Waals surface area contributed by atoms with Crippen LogP contribution < -0.4 is 4.74 Å². The molecule has 0 saturated carbocycles. The normalized spacial score (nSPS) is 11.0. The molecule has 0 unspecified atom stereocenters. The van der Waals surface area contributed by atoms with E-state index in [-0.39, 0.29) is 6.42 Å². The van der Waals surface area contributed by atoms with Crippen molar-refractivity contribution < 1.29 is 14.6 Å². The Hall–Kier alpha value is -2.03. The highest BCUT2D eigenvalue weighted by Gasteiger charge is 2.07. The topological polar surface area (TPSA) is 46.5 Å². The van der Waals surface area contributed by atoms with E-state index in [9.17, 15) is 4.79 Å². The molecule has 1 aromatic carbocycles. The Balaban J connectivity index is 2.76. The summed E-state index contributed by atoms with van der Waals surface area (Å²) in [6.07, 6.45) is 3.60. The van der Waals surface area contributed by atoms with Crippen molar-refractivity contribution >= 4 is 5.97 Å². The average molecular weight is 232 g/mol. The number of benzene rings is 1. The Kier molecular flexibility index (Phi) is 5.01. The van der Waals surface area contributed by atoms with Gasteiger partial charge in [-0.25, -0.2) is 0 Å². The lowest BCUT2D eigenvalue weighted by Crippen LogP contribution is -2.05. The van der Waals surface area contributed by atoms with Crippen molar-refractivity contribution in [2.45, 2.75) is 13.3 Å². The quantitative estimate of drug-likeness (QED) is 0.767. The maximum absolute atomic E-state index is 10.7. The van der Waals surface area contributed by atoms with Gasteiger partial charge in [0.25, 0.3) is 0 Å². The molecule has 0 heterocycles. The maximum Gasteiger partial charge on any atom is 0.307 e. The number of carbonyl (C=O) groups is 1. The summed E-state index contributed by atoms with van der Waals surface area (Å²) in [6, 6.07) is 7.15. The molecule has 0 fully saturated rings. The van der Waals surface area contributed by atoms with E-state index in [2.05, 4.69) is 6.58 Å². The van der Waals surface area contributed by atoms with E-state index in [1.807, 2.05) is 19.1 Å². The predicted octanol–water partition coefficient (Wildman–Crippen LogP) is 2.82. The molecule has 90 valence electrons. The Bertz CT molecular complexity index is 433. The number of aliphatic carboxylic acids is 1. The molecule has 0 aliphatic heterocycles. The van der Waals surface area contributed by atoms with Gasteiger partial charge < -0.3 is 9.84 Å². The first-order valence-corrected chi connectivity index (χ1v) is 5.37. The van der Waals surface area contributed by atoms with Crippen molar-refractivity contribution in [3.63, 3.8) is 0 Å². The zero-order chi connectivity index (χ0) is 12.7. The van der Waals surface area contributed by atoms with E-state index in [0.717, 1.165) is 5.57 Å². The second-order valence-corrected chi connectivity index (χ2v) is 3.53. The summed E-state index contributed by atoms with van der Waals surface area (Å²) in [5.41, 5.74) is 1.65. The van der Waals surface area contributed by atoms with Gasteiger partial charge in [0.15, 0.2) is 0 Å². The smallest absolute Gasteiger partial charge is 0.307 e. The van der Waals surface area contributed by atoms with Gasteiger partial charge in [-0.15, -0.1) is 0 Å². The third kappa shape index (κ3) is 4.15. The van der Waals surface area contributed by atoms with E-state index in [1.165, 1.54) is 0 Å². The van der Waals surface area contributed by atoms with E-state index < -0.39 is 5.97 Å². The summed E-state index contributed by atoms with van der Waals surface area (Å²) in [5.74, 6) is -0.257. The van der Waals surface area contributed by atoms with Crippen LogP contribution in [0.25, 0.3) is 0 Å². The highest BCUT2D eigenvalue weighted by Crippen LogP contribution is 2.19. The van der Waals surface area contributed by atoms with Crippen LogP contribution in [-0.2, 0) is 11.2 Å². The number of carboxylic acids is 1. The summed E-state index contributed by atoms with van der Waals surface area (Å²) < 4.78 is 5.58. The highest BCUT2D eigenvalue weighted by atomic mass is 16.5. The molecule has 0 atom stereocenters. The van der Waals surface area contributed by atoms with Crippen LogP contribution in [0.3, 0.4) is 0 Å². The fourth-order valence-electron chi connectivity index (χ4n) is 1.37. The van der Waals surface area contributed by atoms with Crippen molar-refractivity contribution in [2.24, 2.45) is 0 Å². The molecule has 0 saturated heterocycles. The Labute approximate surface area is 101 Å². The summed E-state index contributed by atoms with van der Waals surface area (Å²) >= 11 is 0. The molecule has 0 aliphatic carbocycles. The van der Waals surface area contributed by atoms with Crippen LogP contribution in [0.5, 0.6) is 5.75 Å². The molecule has 3 heteroatoms. The largest absolute Gasteiger partial charge is 0.489 e. The number of ether oxygens (including phenoxy) is 1. The van der Waals surface area contributed by atoms with E-state index in [0.29, 0.717) is 17.9 Å². The van der Waals surface area contributed by atoms with Gasteiger partial charge in [0.2, 0.25) is 0 Å². The minimum atomic E-state index is -0.865. The molecule has 0 bridgehead atoms. The van der Waals surface area contributed by atoms with Gasteiger partial charge in [0.1, 0.15) is 12.4 Å². The lowest BCUT2D eigenvalue weighted by Gasteiger charge is -2.10. The average Bonchev–Trinajstić information content (AvgIpc) is 2.31. The first-order chi connectivity index (χ1) is 8.17. The molecule has 1 rings (SSSR count). The fraction of sp³-hybridized carbons (Fsp3) is 0.214. The third-order valence-electron chi connectivity index (χ3n) is 2.34.